The largest absolute Gasteiger partial charge is 0.353 e. The Morgan fingerprint density at radius 2 is 1.88 bits per heavy atom. The van der Waals surface area contributed by atoms with E-state index >= 15 is 0 Å². The van der Waals surface area contributed by atoms with Crippen LogP contribution in [0.25, 0.3) is 0 Å². The predicted octanol–water partition coefficient (Wildman–Crippen LogP) is 2.35. The fourth-order valence-electron chi connectivity index (χ4n) is 4.05. The number of piperidine rings is 1. The van der Waals surface area contributed by atoms with Crippen LogP contribution in [0.15, 0.2) is 47.2 Å². The molecule has 2 amide bonds. The molecule has 2 saturated heterocycles. The molecular weight excluding hydrogens is 346 g/mol. The van der Waals surface area contributed by atoms with Crippen LogP contribution in [0.4, 0.5) is 0 Å². The zero-order valence-corrected chi connectivity index (χ0v) is 15.5. The van der Waals surface area contributed by atoms with Gasteiger partial charge in [0.2, 0.25) is 5.91 Å². The summed E-state index contributed by atoms with van der Waals surface area (Å²) in [6, 6.07) is 12.2. The van der Waals surface area contributed by atoms with E-state index in [1.807, 2.05) is 39.9 Å². The number of nitrogens with zero attached hydrogens (tertiary/aromatic N) is 2. The number of nitrogens with one attached hydrogen (secondary N) is 1. The molecule has 2 aliphatic rings. The van der Waals surface area contributed by atoms with E-state index in [-0.39, 0.29) is 11.8 Å². The van der Waals surface area contributed by atoms with Crippen LogP contribution in [0.1, 0.15) is 28.8 Å². The Balaban J connectivity index is 1.50. The van der Waals surface area contributed by atoms with Crippen molar-refractivity contribution in [2.24, 2.45) is 0 Å². The lowest BCUT2D eigenvalue weighted by Crippen LogP contribution is -2.67. The molecule has 2 aromatic rings. The molecule has 0 saturated carbocycles. The van der Waals surface area contributed by atoms with E-state index in [0.717, 1.165) is 18.7 Å². The molecule has 136 valence electrons. The topological polar surface area (TPSA) is 52.7 Å². The molecule has 3 heterocycles. The first kappa shape index (κ1) is 17.2. The van der Waals surface area contributed by atoms with Gasteiger partial charge >= 0.3 is 0 Å². The second kappa shape index (κ2) is 7.21. The van der Waals surface area contributed by atoms with Crippen molar-refractivity contribution in [3.63, 3.8) is 0 Å². The smallest absolute Gasteiger partial charge is 0.254 e. The van der Waals surface area contributed by atoms with Crippen LogP contribution < -0.4 is 5.32 Å². The van der Waals surface area contributed by atoms with Crippen molar-refractivity contribution in [2.75, 3.05) is 26.2 Å². The minimum absolute atomic E-state index is 0.0759. The summed E-state index contributed by atoms with van der Waals surface area (Å²) >= 11 is 1.54. The normalized spacial score (nSPS) is 20.2. The SMILES string of the molecule is O=C(c1ccsc1)N1CCC2(CC1)C(=O)NCCN2Cc1ccccc1. The average molecular weight is 369 g/mol. The Kier molecular flexibility index (Phi) is 4.78. The second-order valence-electron chi connectivity index (χ2n) is 7.00. The first-order valence-electron chi connectivity index (χ1n) is 9.08. The molecular formula is C20H23N3O2S. The van der Waals surface area contributed by atoms with Crippen LogP contribution in [0.2, 0.25) is 0 Å². The average Bonchev–Trinajstić information content (AvgIpc) is 3.21. The summed E-state index contributed by atoms with van der Waals surface area (Å²) in [6.45, 7) is 3.54. The molecule has 2 fully saturated rings. The maximum atomic E-state index is 12.8. The van der Waals surface area contributed by atoms with E-state index in [0.29, 0.717) is 32.5 Å². The minimum Gasteiger partial charge on any atom is -0.353 e. The summed E-state index contributed by atoms with van der Waals surface area (Å²) in [6.07, 6.45) is 1.36. The Hall–Kier alpha value is -2.18. The van der Waals surface area contributed by atoms with Crippen molar-refractivity contribution >= 4 is 23.2 Å². The van der Waals surface area contributed by atoms with E-state index in [9.17, 15) is 9.59 Å². The quantitative estimate of drug-likeness (QED) is 0.904. The number of thiophene rings is 1. The second-order valence-corrected chi connectivity index (χ2v) is 7.78. The number of likely N-dealkylation sites (tertiary alicyclic amines) is 1. The zero-order chi connectivity index (χ0) is 18.0. The van der Waals surface area contributed by atoms with Gasteiger partial charge in [0.25, 0.3) is 5.91 Å². The standard InChI is InChI=1S/C20H23N3O2S/c24-18(17-6-13-26-15-17)22-10-7-20(8-11-22)19(25)21-9-12-23(20)14-16-4-2-1-3-5-16/h1-6,13,15H,7-12,14H2,(H,21,25). The predicted molar refractivity (Wildman–Crippen MR) is 102 cm³/mol. The molecule has 0 aliphatic carbocycles. The highest BCUT2D eigenvalue weighted by Crippen LogP contribution is 2.33. The van der Waals surface area contributed by atoms with Crippen LogP contribution in [0.5, 0.6) is 0 Å². The zero-order valence-electron chi connectivity index (χ0n) is 14.7. The molecule has 1 aromatic heterocycles. The first-order valence-corrected chi connectivity index (χ1v) is 10.0. The van der Waals surface area contributed by atoms with E-state index in [1.165, 1.54) is 16.9 Å². The van der Waals surface area contributed by atoms with Gasteiger partial charge in [0.05, 0.1) is 5.56 Å². The molecule has 4 rings (SSSR count). The highest BCUT2D eigenvalue weighted by Gasteiger charge is 2.48. The maximum Gasteiger partial charge on any atom is 0.254 e. The number of amides is 2. The fourth-order valence-corrected chi connectivity index (χ4v) is 4.68. The number of hydrogen-bond acceptors (Lipinski definition) is 4. The molecule has 2 aliphatic heterocycles. The monoisotopic (exact) mass is 369 g/mol. The van der Waals surface area contributed by atoms with Crippen LogP contribution in [-0.2, 0) is 11.3 Å². The van der Waals surface area contributed by atoms with Crippen molar-refractivity contribution in [2.45, 2.75) is 24.9 Å². The van der Waals surface area contributed by atoms with Crippen LogP contribution in [0, 0.1) is 0 Å². The van der Waals surface area contributed by atoms with Crippen LogP contribution in [-0.4, -0.2) is 53.3 Å². The van der Waals surface area contributed by atoms with E-state index in [2.05, 4.69) is 22.3 Å². The summed E-state index contributed by atoms with van der Waals surface area (Å²) in [7, 11) is 0. The fraction of sp³-hybridized carbons (Fsp3) is 0.400. The lowest BCUT2D eigenvalue weighted by molar-refractivity contribution is -0.141. The third-order valence-electron chi connectivity index (χ3n) is 5.56. The van der Waals surface area contributed by atoms with Crippen molar-refractivity contribution in [1.29, 1.82) is 0 Å². The van der Waals surface area contributed by atoms with Crippen molar-refractivity contribution < 1.29 is 9.59 Å². The lowest BCUT2D eigenvalue weighted by atomic mass is 9.82. The van der Waals surface area contributed by atoms with Crippen molar-refractivity contribution in [1.82, 2.24) is 15.1 Å². The van der Waals surface area contributed by atoms with Gasteiger partial charge in [-0.3, -0.25) is 14.5 Å². The third-order valence-corrected chi connectivity index (χ3v) is 6.24. The molecule has 0 atom stereocenters. The molecule has 0 unspecified atom stereocenters. The molecule has 0 bridgehead atoms. The molecule has 1 spiro atoms. The van der Waals surface area contributed by atoms with Gasteiger partial charge in [0.1, 0.15) is 5.54 Å². The molecule has 5 nitrogen and oxygen atoms in total. The van der Waals surface area contributed by atoms with Gasteiger partial charge < -0.3 is 10.2 Å². The minimum atomic E-state index is -0.500. The van der Waals surface area contributed by atoms with Gasteiger partial charge in [0, 0.05) is 38.1 Å². The van der Waals surface area contributed by atoms with Crippen LogP contribution in [0.3, 0.4) is 0 Å². The number of benzene rings is 1. The molecule has 1 N–H and O–H groups in total. The number of hydrogen-bond donors (Lipinski definition) is 1. The Morgan fingerprint density at radius 1 is 1.12 bits per heavy atom. The molecule has 1 aromatic carbocycles. The number of carbonyl (C=O) groups is 2. The van der Waals surface area contributed by atoms with Gasteiger partial charge in [-0.25, -0.2) is 0 Å². The maximum absolute atomic E-state index is 12.8. The lowest BCUT2D eigenvalue weighted by Gasteiger charge is -2.50. The Labute approximate surface area is 157 Å². The van der Waals surface area contributed by atoms with Gasteiger partial charge in [-0.1, -0.05) is 30.3 Å². The number of piperazine rings is 1. The highest BCUT2D eigenvalue weighted by atomic mass is 32.1. The van der Waals surface area contributed by atoms with E-state index in [4.69, 9.17) is 0 Å². The summed E-state index contributed by atoms with van der Waals surface area (Å²) in [5, 5.41) is 6.86. The Bertz CT molecular complexity index is 768. The first-order chi connectivity index (χ1) is 12.7. The van der Waals surface area contributed by atoms with Gasteiger partial charge in [-0.2, -0.15) is 11.3 Å². The number of carbonyl (C=O) groups excluding carboxylic acids is 2. The molecule has 26 heavy (non-hydrogen) atoms. The summed E-state index contributed by atoms with van der Waals surface area (Å²) in [4.78, 5) is 29.6. The van der Waals surface area contributed by atoms with Crippen molar-refractivity contribution in [3.8, 4) is 0 Å². The van der Waals surface area contributed by atoms with Gasteiger partial charge in [-0.15, -0.1) is 0 Å². The van der Waals surface area contributed by atoms with E-state index in [1.54, 1.807) is 0 Å². The summed E-state index contributed by atoms with van der Waals surface area (Å²) < 4.78 is 0. The third kappa shape index (κ3) is 3.15. The number of rotatable bonds is 3. The highest BCUT2D eigenvalue weighted by molar-refractivity contribution is 7.08. The summed E-state index contributed by atoms with van der Waals surface area (Å²) in [5.74, 6) is 0.189. The Morgan fingerprint density at radius 3 is 2.58 bits per heavy atom. The molecule has 6 heteroatoms. The summed E-state index contributed by atoms with van der Waals surface area (Å²) in [5.41, 5.74) is 1.47. The van der Waals surface area contributed by atoms with Gasteiger partial charge in [0.15, 0.2) is 0 Å². The van der Waals surface area contributed by atoms with Gasteiger partial charge in [-0.05, 0) is 29.9 Å². The van der Waals surface area contributed by atoms with Crippen molar-refractivity contribution in [3.05, 3.63) is 58.3 Å². The molecule has 0 radical (unpaired) electrons. The van der Waals surface area contributed by atoms with E-state index < -0.39 is 5.54 Å². The van der Waals surface area contributed by atoms with Crippen LogP contribution >= 0.6 is 11.3 Å².